The Bertz CT molecular complexity index is 418. The summed E-state index contributed by atoms with van der Waals surface area (Å²) in [5, 5.41) is 5.08. The van der Waals surface area contributed by atoms with Crippen LogP contribution in [0.1, 0.15) is 6.92 Å². The highest BCUT2D eigenvalue weighted by molar-refractivity contribution is 5.98. The monoisotopic (exact) mass is 237 g/mol. The second-order valence-corrected chi connectivity index (χ2v) is 3.45. The fourth-order valence-corrected chi connectivity index (χ4v) is 1.19. The number of benzene rings is 1. The molecule has 0 heterocycles. The summed E-state index contributed by atoms with van der Waals surface area (Å²) in [5.41, 5.74) is 6.37. The molecule has 0 spiro atoms. The minimum atomic E-state index is -0.634. The number of hydrogen-bond acceptors (Lipinski definition) is 4. The summed E-state index contributed by atoms with van der Waals surface area (Å²) in [7, 11) is 1.51. The van der Waals surface area contributed by atoms with Crippen LogP contribution in [0.2, 0.25) is 0 Å². The zero-order valence-electron chi connectivity index (χ0n) is 9.69. The van der Waals surface area contributed by atoms with Gasteiger partial charge in [-0.2, -0.15) is 0 Å². The number of nitrogens with two attached hydrogens (primary N) is 1. The third-order valence-corrected chi connectivity index (χ3v) is 2.11. The summed E-state index contributed by atoms with van der Waals surface area (Å²) in [6.07, 6.45) is 0.531. The fourth-order valence-electron chi connectivity index (χ4n) is 1.19. The van der Waals surface area contributed by atoms with Crippen molar-refractivity contribution in [1.82, 2.24) is 0 Å². The Morgan fingerprint density at radius 2 is 2.18 bits per heavy atom. The topological polar surface area (TPSA) is 93.5 Å². The van der Waals surface area contributed by atoms with Crippen LogP contribution in [-0.4, -0.2) is 25.5 Å². The van der Waals surface area contributed by atoms with Crippen LogP contribution in [0.15, 0.2) is 18.2 Å². The van der Waals surface area contributed by atoms with E-state index >= 15 is 0 Å². The molecule has 0 aliphatic heterocycles. The summed E-state index contributed by atoms with van der Waals surface area (Å²) in [6.45, 7) is 1.57. The Balaban J connectivity index is 2.99. The van der Waals surface area contributed by atoms with Crippen molar-refractivity contribution in [2.45, 2.75) is 13.0 Å². The van der Waals surface area contributed by atoms with Gasteiger partial charge in [0, 0.05) is 6.07 Å². The van der Waals surface area contributed by atoms with Crippen molar-refractivity contribution in [2.24, 2.45) is 5.73 Å². The average molecular weight is 237 g/mol. The smallest absolute Gasteiger partial charge is 0.241 e. The van der Waals surface area contributed by atoms with Gasteiger partial charge in [-0.1, -0.05) is 0 Å². The maximum absolute atomic E-state index is 11.5. The van der Waals surface area contributed by atoms with Crippen molar-refractivity contribution >= 4 is 23.7 Å². The van der Waals surface area contributed by atoms with E-state index in [2.05, 4.69) is 10.6 Å². The highest BCUT2D eigenvalue weighted by Gasteiger charge is 2.11. The molecule has 1 rings (SSSR count). The van der Waals surface area contributed by atoms with E-state index in [-0.39, 0.29) is 5.91 Å². The standard InChI is InChI=1S/C11H15N3O3/c1-7(12)11(16)14-10-5-8(17-2)3-4-9(10)13-6-15/h3-7H,12H2,1-2H3,(H,13,15)(H,14,16)/t7-/m1/s1. The Labute approximate surface area is 99.1 Å². The molecule has 1 aromatic rings. The highest BCUT2D eigenvalue weighted by atomic mass is 16.5. The third-order valence-electron chi connectivity index (χ3n) is 2.11. The first-order valence-corrected chi connectivity index (χ1v) is 5.03. The van der Waals surface area contributed by atoms with E-state index in [0.29, 0.717) is 23.5 Å². The Hall–Kier alpha value is -2.08. The number of methoxy groups -OCH3 is 1. The molecule has 2 amide bonds. The van der Waals surface area contributed by atoms with E-state index in [1.165, 1.54) is 7.11 Å². The van der Waals surface area contributed by atoms with Crippen molar-refractivity contribution in [1.29, 1.82) is 0 Å². The van der Waals surface area contributed by atoms with Crippen LogP contribution in [0.4, 0.5) is 11.4 Å². The Morgan fingerprint density at radius 3 is 2.71 bits per heavy atom. The Morgan fingerprint density at radius 1 is 1.47 bits per heavy atom. The molecular weight excluding hydrogens is 222 g/mol. The number of hydrogen-bond donors (Lipinski definition) is 3. The zero-order valence-corrected chi connectivity index (χ0v) is 9.69. The molecule has 0 fully saturated rings. The first kappa shape index (κ1) is 13.0. The Kier molecular flexibility index (Phi) is 4.47. The van der Waals surface area contributed by atoms with Crippen LogP contribution in [0, 0.1) is 0 Å². The molecule has 0 aliphatic rings. The first-order valence-electron chi connectivity index (χ1n) is 5.03. The van der Waals surface area contributed by atoms with Gasteiger partial charge in [-0.15, -0.1) is 0 Å². The minimum Gasteiger partial charge on any atom is -0.497 e. The summed E-state index contributed by atoms with van der Waals surface area (Å²) >= 11 is 0. The predicted octanol–water partition coefficient (Wildman–Crippen LogP) is 0.549. The van der Waals surface area contributed by atoms with Gasteiger partial charge in [0.25, 0.3) is 0 Å². The van der Waals surface area contributed by atoms with Crippen molar-refractivity contribution in [3.8, 4) is 5.75 Å². The minimum absolute atomic E-state index is 0.341. The number of rotatable bonds is 5. The second-order valence-electron chi connectivity index (χ2n) is 3.45. The van der Waals surface area contributed by atoms with Crippen molar-refractivity contribution in [3.63, 3.8) is 0 Å². The van der Waals surface area contributed by atoms with E-state index in [4.69, 9.17) is 10.5 Å². The van der Waals surface area contributed by atoms with E-state index in [0.717, 1.165) is 0 Å². The molecule has 0 aromatic heterocycles. The number of carbonyl (C=O) groups excluding carboxylic acids is 2. The fraction of sp³-hybridized carbons (Fsp3) is 0.273. The second kappa shape index (κ2) is 5.86. The first-order chi connectivity index (χ1) is 8.08. The van der Waals surface area contributed by atoms with E-state index < -0.39 is 6.04 Å². The van der Waals surface area contributed by atoms with Gasteiger partial charge in [-0.05, 0) is 19.1 Å². The molecule has 0 bridgehead atoms. The lowest BCUT2D eigenvalue weighted by atomic mass is 10.2. The number of carbonyl (C=O) groups is 2. The lowest BCUT2D eigenvalue weighted by Crippen LogP contribution is -2.32. The number of amides is 2. The third kappa shape index (κ3) is 3.46. The molecule has 1 atom stereocenters. The van der Waals surface area contributed by atoms with Gasteiger partial charge in [0.05, 0.1) is 24.5 Å². The van der Waals surface area contributed by atoms with Gasteiger partial charge < -0.3 is 21.1 Å². The molecule has 4 N–H and O–H groups in total. The molecular formula is C11H15N3O3. The van der Waals surface area contributed by atoms with Gasteiger partial charge in [0.2, 0.25) is 12.3 Å². The van der Waals surface area contributed by atoms with Crippen LogP contribution in [-0.2, 0) is 9.59 Å². The van der Waals surface area contributed by atoms with Gasteiger partial charge in [-0.3, -0.25) is 9.59 Å². The molecule has 17 heavy (non-hydrogen) atoms. The van der Waals surface area contributed by atoms with Crippen molar-refractivity contribution in [2.75, 3.05) is 17.7 Å². The highest BCUT2D eigenvalue weighted by Crippen LogP contribution is 2.26. The van der Waals surface area contributed by atoms with Gasteiger partial charge >= 0.3 is 0 Å². The van der Waals surface area contributed by atoms with E-state index in [1.54, 1.807) is 25.1 Å². The van der Waals surface area contributed by atoms with Crippen LogP contribution < -0.4 is 21.1 Å². The summed E-state index contributed by atoms with van der Waals surface area (Å²) in [6, 6.07) is 4.27. The zero-order chi connectivity index (χ0) is 12.8. The normalized spacial score (nSPS) is 11.5. The summed E-state index contributed by atoms with van der Waals surface area (Å²) in [4.78, 5) is 21.9. The lowest BCUT2D eigenvalue weighted by molar-refractivity contribution is -0.117. The van der Waals surface area contributed by atoms with Crippen molar-refractivity contribution in [3.05, 3.63) is 18.2 Å². The molecule has 92 valence electrons. The average Bonchev–Trinajstić information content (AvgIpc) is 2.31. The SMILES string of the molecule is COc1ccc(NC=O)c(NC(=O)[C@@H](C)N)c1. The molecule has 0 saturated heterocycles. The summed E-state index contributed by atoms with van der Waals surface area (Å²) in [5.74, 6) is 0.230. The van der Waals surface area contributed by atoms with Gasteiger partial charge in [0.15, 0.2) is 0 Å². The predicted molar refractivity (Wildman–Crippen MR) is 65.0 cm³/mol. The molecule has 6 nitrogen and oxygen atoms in total. The quantitative estimate of drug-likeness (QED) is 0.652. The van der Waals surface area contributed by atoms with Crippen LogP contribution in [0.25, 0.3) is 0 Å². The van der Waals surface area contributed by atoms with Gasteiger partial charge in [0.1, 0.15) is 5.75 Å². The van der Waals surface area contributed by atoms with Crippen LogP contribution in [0.5, 0.6) is 5.75 Å². The molecule has 0 saturated carbocycles. The molecule has 0 unspecified atom stereocenters. The maximum atomic E-state index is 11.5. The number of ether oxygens (including phenoxy) is 1. The van der Waals surface area contributed by atoms with Crippen LogP contribution in [0.3, 0.4) is 0 Å². The summed E-state index contributed by atoms with van der Waals surface area (Å²) < 4.78 is 5.03. The van der Waals surface area contributed by atoms with Gasteiger partial charge in [-0.25, -0.2) is 0 Å². The number of nitrogens with one attached hydrogen (secondary N) is 2. The number of anilines is 2. The van der Waals surface area contributed by atoms with Crippen molar-refractivity contribution < 1.29 is 14.3 Å². The van der Waals surface area contributed by atoms with Crippen LogP contribution >= 0.6 is 0 Å². The molecule has 1 aromatic carbocycles. The largest absolute Gasteiger partial charge is 0.497 e. The maximum Gasteiger partial charge on any atom is 0.241 e. The molecule has 0 radical (unpaired) electrons. The molecule has 6 heteroatoms. The lowest BCUT2D eigenvalue weighted by Gasteiger charge is -2.13. The van der Waals surface area contributed by atoms with E-state index in [9.17, 15) is 9.59 Å². The molecule has 0 aliphatic carbocycles. The van der Waals surface area contributed by atoms with E-state index in [1.807, 2.05) is 0 Å².